The molecule has 2 N–H and O–H groups in total. The molecule has 0 saturated carbocycles. The zero-order valence-corrected chi connectivity index (χ0v) is 10.1. The van der Waals surface area contributed by atoms with Crippen molar-refractivity contribution in [1.82, 2.24) is 10.6 Å². The normalized spacial score (nSPS) is 19.5. The van der Waals surface area contributed by atoms with Gasteiger partial charge in [-0.05, 0) is 23.9 Å². The second kappa shape index (κ2) is 5.63. The molecule has 1 aromatic rings. The molecule has 1 aromatic heterocycles. The number of nitrogens with one attached hydrogen (secondary N) is 2. The van der Waals surface area contributed by atoms with E-state index in [0.29, 0.717) is 13.0 Å². The monoisotopic (exact) mass is 250 g/mol. The Bertz CT molecular complexity index is 426. The topological polar surface area (TPSA) is 58.2 Å². The third-order valence-electron chi connectivity index (χ3n) is 2.55. The van der Waals surface area contributed by atoms with Gasteiger partial charge in [-0.1, -0.05) is 6.07 Å². The van der Waals surface area contributed by atoms with Gasteiger partial charge in [-0.2, -0.15) is 0 Å². The van der Waals surface area contributed by atoms with E-state index in [1.165, 1.54) is 6.08 Å². The standard InChI is InChI=1S/C12H14N2O2S/c15-11(6-4-10-2-1-7-17-10)13-8-9-3-5-12(16)14-9/h1-2,4,6-7,9H,3,5,8H2,(H,13,15)(H,14,16)/b6-4-/t9-/m1/s1. The lowest BCUT2D eigenvalue weighted by Gasteiger charge is -2.09. The molecule has 1 aliphatic rings. The Kier molecular flexibility index (Phi) is 3.93. The first-order valence-corrected chi connectivity index (χ1v) is 6.41. The predicted octanol–water partition coefficient (Wildman–Crippen LogP) is 1.16. The van der Waals surface area contributed by atoms with Crippen LogP contribution in [0.2, 0.25) is 0 Å². The van der Waals surface area contributed by atoms with Crippen LogP contribution < -0.4 is 10.6 Å². The Morgan fingerprint density at radius 2 is 2.53 bits per heavy atom. The van der Waals surface area contributed by atoms with Crippen LogP contribution in [0.3, 0.4) is 0 Å². The molecular formula is C12H14N2O2S. The van der Waals surface area contributed by atoms with E-state index in [1.807, 2.05) is 17.5 Å². The minimum atomic E-state index is -0.125. The van der Waals surface area contributed by atoms with E-state index in [4.69, 9.17) is 0 Å². The summed E-state index contributed by atoms with van der Waals surface area (Å²) in [6.45, 7) is 0.499. The number of thiophene rings is 1. The summed E-state index contributed by atoms with van der Waals surface area (Å²) in [5.74, 6) is -0.0575. The molecule has 0 radical (unpaired) electrons. The van der Waals surface area contributed by atoms with Crippen LogP contribution in [0.15, 0.2) is 23.6 Å². The van der Waals surface area contributed by atoms with Crippen LogP contribution in [-0.2, 0) is 9.59 Å². The minimum Gasteiger partial charge on any atom is -0.352 e. The highest BCUT2D eigenvalue weighted by atomic mass is 32.1. The first-order valence-electron chi connectivity index (χ1n) is 5.53. The van der Waals surface area contributed by atoms with Crippen molar-refractivity contribution in [2.75, 3.05) is 6.54 Å². The minimum absolute atomic E-state index is 0.0679. The molecule has 5 heteroatoms. The van der Waals surface area contributed by atoms with Gasteiger partial charge in [-0.3, -0.25) is 9.59 Å². The third-order valence-corrected chi connectivity index (χ3v) is 3.39. The van der Waals surface area contributed by atoms with Crippen LogP contribution in [0.4, 0.5) is 0 Å². The lowest BCUT2D eigenvalue weighted by atomic mass is 10.2. The van der Waals surface area contributed by atoms with Gasteiger partial charge in [-0.15, -0.1) is 11.3 Å². The molecule has 90 valence electrons. The summed E-state index contributed by atoms with van der Waals surface area (Å²) in [5.41, 5.74) is 0. The number of hydrogen-bond acceptors (Lipinski definition) is 3. The van der Waals surface area contributed by atoms with E-state index in [0.717, 1.165) is 11.3 Å². The molecule has 0 aromatic carbocycles. The van der Waals surface area contributed by atoms with E-state index in [2.05, 4.69) is 10.6 Å². The third kappa shape index (κ3) is 3.71. The smallest absolute Gasteiger partial charge is 0.244 e. The van der Waals surface area contributed by atoms with Crippen molar-refractivity contribution >= 4 is 29.2 Å². The average molecular weight is 250 g/mol. The van der Waals surface area contributed by atoms with E-state index in [1.54, 1.807) is 17.4 Å². The Labute approximate surface area is 104 Å². The number of rotatable bonds is 4. The van der Waals surface area contributed by atoms with Crippen LogP contribution in [0.25, 0.3) is 6.08 Å². The molecule has 1 atom stereocenters. The molecule has 0 aliphatic carbocycles. The number of amides is 2. The van der Waals surface area contributed by atoms with Crippen LogP contribution in [0, 0.1) is 0 Å². The molecule has 0 spiro atoms. The highest BCUT2D eigenvalue weighted by Gasteiger charge is 2.20. The van der Waals surface area contributed by atoms with E-state index in [9.17, 15) is 9.59 Å². The van der Waals surface area contributed by atoms with Gasteiger partial charge in [0.25, 0.3) is 0 Å². The molecule has 2 rings (SSSR count). The van der Waals surface area contributed by atoms with Gasteiger partial charge in [0.2, 0.25) is 11.8 Å². The summed E-state index contributed by atoms with van der Waals surface area (Å²) in [4.78, 5) is 23.5. The summed E-state index contributed by atoms with van der Waals surface area (Å²) in [5, 5.41) is 7.54. The molecule has 2 heterocycles. The molecule has 1 saturated heterocycles. The zero-order chi connectivity index (χ0) is 12.1. The van der Waals surface area contributed by atoms with Crippen LogP contribution in [0.5, 0.6) is 0 Å². The van der Waals surface area contributed by atoms with E-state index >= 15 is 0 Å². The number of carbonyl (C=O) groups excluding carboxylic acids is 2. The average Bonchev–Trinajstić information content (AvgIpc) is 2.95. The van der Waals surface area contributed by atoms with Crippen LogP contribution >= 0.6 is 11.3 Å². The predicted molar refractivity (Wildman–Crippen MR) is 67.5 cm³/mol. The summed E-state index contributed by atoms with van der Waals surface area (Å²) < 4.78 is 0. The van der Waals surface area contributed by atoms with E-state index < -0.39 is 0 Å². The maximum Gasteiger partial charge on any atom is 0.244 e. The largest absolute Gasteiger partial charge is 0.352 e. The fourth-order valence-corrected chi connectivity index (χ4v) is 2.28. The molecular weight excluding hydrogens is 236 g/mol. The van der Waals surface area contributed by atoms with Gasteiger partial charge in [0.15, 0.2) is 0 Å². The fourth-order valence-electron chi connectivity index (χ4n) is 1.66. The van der Waals surface area contributed by atoms with Crippen molar-refractivity contribution in [2.45, 2.75) is 18.9 Å². The summed E-state index contributed by atoms with van der Waals surface area (Å²) in [6.07, 6.45) is 4.66. The molecule has 0 unspecified atom stereocenters. The molecule has 2 amide bonds. The van der Waals surface area contributed by atoms with Crippen LogP contribution in [-0.4, -0.2) is 24.4 Å². The molecule has 17 heavy (non-hydrogen) atoms. The van der Waals surface area contributed by atoms with Gasteiger partial charge in [0, 0.05) is 30.0 Å². The van der Waals surface area contributed by atoms with E-state index in [-0.39, 0.29) is 17.9 Å². The summed E-state index contributed by atoms with van der Waals surface area (Å²) >= 11 is 1.58. The van der Waals surface area contributed by atoms with Crippen molar-refractivity contribution in [2.24, 2.45) is 0 Å². The highest BCUT2D eigenvalue weighted by molar-refractivity contribution is 7.10. The highest BCUT2D eigenvalue weighted by Crippen LogP contribution is 2.10. The lowest BCUT2D eigenvalue weighted by molar-refractivity contribution is -0.120. The van der Waals surface area contributed by atoms with Crippen LogP contribution in [0.1, 0.15) is 17.7 Å². The summed E-state index contributed by atoms with van der Waals surface area (Å²) in [6, 6.07) is 3.98. The molecule has 1 fully saturated rings. The zero-order valence-electron chi connectivity index (χ0n) is 9.31. The Balaban J connectivity index is 1.72. The fraction of sp³-hybridized carbons (Fsp3) is 0.333. The number of carbonyl (C=O) groups is 2. The first kappa shape index (κ1) is 11.9. The SMILES string of the molecule is O=C(/C=C\c1cccs1)NC[C@H]1CCC(=O)N1. The molecule has 1 aliphatic heterocycles. The Hall–Kier alpha value is -1.62. The Morgan fingerprint density at radius 1 is 1.65 bits per heavy atom. The molecule has 4 nitrogen and oxygen atoms in total. The lowest BCUT2D eigenvalue weighted by Crippen LogP contribution is -2.37. The Morgan fingerprint density at radius 3 is 3.18 bits per heavy atom. The van der Waals surface area contributed by atoms with Crippen molar-refractivity contribution in [1.29, 1.82) is 0 Å². The van der Waals surface area contributed by atoms with Crippen molar-refractivity contribution in [3.05, 3.63) is 28.5 Å². The summed E-state index contributed by atoms with van der Waals surface area (Å²) in [7, 11) is 0. The van der Waals surface area contributed by atoms with Crippen molar-refractivity contribution in [3.8, 4) is 0 Å². The maximum atomic E-state index is 11.5. The van der Waals surface area contributed by atoms with Gasteiger partial charge in [0.1, 0.15) is 0 Å². The molecule has 0 bridgehead atoms. The first-order chi connectivity index (χ1) is 8.24. The van der Waals surface area contributed by atoms with Crippen molar-refractivity contribution in [3.63, 3.8) is 0 Å². The van der Waals surface area contributed by atoms with Gasteiger partial charge in [0.05, 0.1) is 0 Å². The number of hydrogen-bond donors (Lipinski definition) is 2. The van der Waals surface area contributed by atoms with Crippen molar-refractivity contribution < 1.29 is 9.59 Å². The second-order valence-electron chi connectivity index (χ2n) is 3.90. The van der Waals surface area contributed by atoms with Gasteiger partial charge in [-0.25, -0.2) is 0 Å². The maximum absolute atomic E-state index is 11.5. The second-order valence-corrected chi connectivity index (χ2v) is 4.88. The quantitative estimate of drug-likeness (QED) is 0.788. The van der Waals surface area contributed by atoms with Gasteiger partial charge < -0.3 is 10.6 Å². The van der Waals surface area contributed by atoms with Gasteiger partial charge >= 0.3 is 0 Å².